The minimum absolute atomic E-state index is 0.249. The third kappa shape index (κ3) is 1.37. The molecule has 1 heterocycles. The van der Waals surface area contributed by atoms with Crippen LogP contribution in [0.5, 0.6) is 11.5 Å². The van der Waals surface area contributed by atoms with Gasteiger partial charge in [0.1, 0.15) is 11.5 Å². The van der Waals surface area contributed by atoms with Crippen LogP contribution in [0, 0.1) is 0 Å². The Kier molecular flexibility index (Phi) is 2.50. The van der Waals surface area contributed by atoms with Gasteiger partial charge in [0.2, 0.25) is 11.3 Å². The van der Waals surface area contributed by atoms with E-state index in [1.807, 2.05) is 0 Å². The second-order valence-electron chi connectivity index (χ2n) is 4.51. The first-order valence-electron chi connectivity index (χ1n) is 5.98. The average molecular weight is 269 g/mol. The van der Waals surface area contributed by atoms with E-state index in [9.17, 15) is 14.7 Å². The topological polar surface area (TPSA) is 89.6 Å². The van der Waals surface area contributed by atoms with E-state index in [2.05, 4.69) is 0 Å². The van der Waals surface area contributed by atoms with Crippen molar-refractivity contribution >= 4 is 11.9 Å². The zero-order chi connectivity index (χ0) is 14.3. The molecular weight excluding hydrogens is 258 g/mol. The lowest BCUT2D eigenvalue weighted by atomic mass is 9.72. The first-order chi connectivity index (χ1) is 9.58. The van der Waals surface area contributed by atoms with Crippen LogP contribution in [-0.2, 0) is 15.0 Å². The van der Waals surface area contributed by atoms with Gasteiger partial charge in [0.15, 0.2) is 0 Å². The number of carbonyl (C=O) groups is 2. The van der Waals surface area contributed by atoms with E-state index in [-0.39, 0.29) is 11.1 Å². The third-order valence-electron chi connectivity index (χ3n) is 3.49. The highest BCUT2D eigenvalue weighted by molar-refractivity contribution is 6.12. The highest BCUT2D eigenvalue weighted by Gasteiger charge is 2.53. The summed E-state index contributed by atoms with van der Waals surface area (Å²) in [6.07, 6.45) is 0. The largest absolute Gasteiger partial charge is 0.480 e. The molecule has 0 unspecified atom stereocenters. The molecule has 1 aliphatic heterocycles. The van der Waals surface area contributed by atoms with Crippen molar-refractivity contribution in [3.05, 3.63) is 59.7 Å². The van der Waals surface area contributed by atoms with Crippen molar-refractivity contribution in [2.24, 2.45) is 5.73 Å². The minimum atomic E-state index is -1.93. The predicted octanol–water partition coefficient (Wildman–Crippen LogP) is 1.65. The number of carbonyl (C=O) groups excluding carboxylic acids is 1. The fourth-order valence-corrected chi connectivity index (χ4v) is 2.60. The monoisotopic (exact) mass is 269 g/mol. The number of primary amides is 1. The summed E-state index contributed by atoms with van der Waals surface area (Å²) in [7, 11) is 0. The molecule has 3 N–H and O–H groups in total. The number of ether oxygens (including phenoxy) is 1. The lowest BCUT2D eigenvalue weighted by Crippen LogP contribution is -2.50. The van der Waals surface area contributed by atoms with Crippen molar-refractivity contribution in [2.45, 2.75) is 5.41 Å². The summed E-state index contributed by atoms with van der Waals surface area (Å²) in [6.45, 7) is 0. The van der Waals surface area contributed by atoms with Gasteiger partial charge in [-0.05, 0) is 12.1 Å². The van der Waals surface area contributed by atoms with E-state index in [4.69, 9.17) is 10.5 Å². The van der Waals surface area contributed by atoms with Gasteiger partial charge in [-0.15, -0.1) is 0 Å². The van der Waals surface area contributed by atoms with Gasteiger partial charge < -0.3 is 15.6 Å². The number of fused-ring (bicyclic) bond motifs is 2. The van der Waals surface area contributed by atoms with Gasteiger partial charge >= 0.3 is 5.97 Å². The Bertz CT molecular complexity index is 662. The van der Waals surface area contributed by atoms with Crippen LogP contribution in [0.3, 0.4) is 0 Å². The molecule has 0 atom stereocenters. The number of carboxylic acid groups (broad SMARTS) is 1. The second-order valence-corrected chi connectivity index (χ2v) is 4.51. The van der Waals surface area contributed by atoms with Crippen molar-refractivity contribution in [1.82, 2.24) is 0 Å². The third-order valence-corrected chi connectivity index (χ3v) is 3.49. The molecule has 5 heteroatoms. The Morgan fingerprint density at radius 3 is 1.80 bits per heavy atom. The van der Waals surface area contributed by atoms with Crippen LogP contribution >= 0.6 is 0 Å². The number of nitrogens with two attached hydrogens (primary N) is 1. The molecule has 2 aromatic carbocycles. The molecule has 2 aromatic rings. The summed E-state index contributed by atoms with van der Waals surface area (Å²) in [6, 6.07) is 13.0. The van der Waals surface area contributed by atoms with E-state index in [1.54, 1.807) is 48.5 Å². The standard InChI is InChI=1S/C15H11NO4/c16-13(17)15(14(18)19)9-5-1-3-7-11(9)20-12-8-4-2-6-10(12)15/h1-8H,(H2,16,17)(H,18,19). The Hall–Kier alpha value is -2.82. The zero-order valence-electron chi connectivity index (χ0n) is 10.4. The van der Waals surface area contributed by atoms with Gasteiger partial charge in [-0.2, -0.15) is 0 Å². The van der Waals surface area contributed by atoms with Crippen LogP contribution in [0.2, 0.25) is 0 Å². The van der Waals surface area contributed by atoms with Crippen molar-refractivity contribution in [2.75, 3.05) is 0 Å². The summed E-state index contributed by atoms with van der Waals surface area (Å²) in [5.41, 5.74) is 4.03. The van der Waals surface area contributed by atoms with Crippen molar-refractivity contribution in [3.8, 4) is 11.5 Å². The van der Waals surface area contributed by atoms with E-state index < -0.39 is 17.3 Å². The molecule has 0 bridgehead atoms. The summed E-state index contributed by atoms with van der Waals surface area (Å²) in [5, 5.41) is 9.70. The first-order valence-corrected chi connectivity index (χ1v) is 5.98. The fraction of sp³-hybridized carbons (Fsp3) is 0.0667. The number of rotatable bonds is 2. The smallest absolute Gasteiger partial charge is 0.328 e. The number of amides is 1. The number of hydrogen-bond acceptors (Lipinski definition) is 3. The van der Waals surface area contributed by atoms with Crippen LogP contribution in [0.25, 0.3) is 0 Å². The molecule has 3 rings (SSSR count). The Balaban J connectivity index is 2.44. The number of carboxylic acids is 1. The number of para-hydroxylation sites is 2. The second kappa shape index (κ2) is 4.09. The molecule has 100 valence electrons. The maximum absolute atomic E-state index is 12.0. The molecule has 0 spiro atoms. The summed E-state index contributed by atoms with van der Waals surface area (Å²) < 4.78 is 5.66. The molecule has 0 aliphatic carbocycles. The van der Waals surface area contributed by atoms with Crippen LogP contribution in [0.4, 0.5) is 0 Å². The number of hydrogen-bond donors (Lipinski definition) is 2. The number of benzene rings is 2. The molecule has 0 saturated carbocycles. The molecule has 1 amide bonds. The molecule has 0 aromatic heterocycles. The highest BCUT2D eigenvalue weighted by atomic mass is 16.5. The van der Waals surface area contributed by atoms with Crippen LogP contribution < -0.4 is 10.5 Å². The van der Waals surface area contributed by atoms with E-state index in [0.29, 0.717) is 11.5 Å². The first kappa shape index (κ1) is 12.2. The lowest BCUT2D eigenvalue weighted by Gasteiger charge is -2.34. The summed E-state index contributed by atoms with van der Waals surface area (Å²) in [4.78, 5) is 23.9. The molecular formula is C15H11NO4. The molecule has 0 saturated heterocycles. The van der Waals surface area contributed by atoms with Gasteiger partial charge in [-0.3, -0.25) is 9.59 Å². The van der Waals surface area contributed by atoms with Crippen LogP contribution in [-0.4, -0.2) is 17.0 Å². The Labute approximate surface area is 114 Å². The minimum Gasteiger partial charge on any atom is -0.480 e. The van der Waals surface area contributed by atoms with Gasteiger partial charge in [0, 0.05) is 11.1 Å². The summed E-state index contributed by atoms with van der Waals surface area (Å²) >= 11 is 0. The van der Waals surface area contributed by atoms with Gasteiger partial charge in [-0.1, -0.05) is 36.4 Å². The van der Waals surface area contributed by atoms with E-state index >= 15 is 0 Å². The van der Waals surface area contributed by atoms with Crippen molar-refractivity contribution in [1.29, 1.82) is 0 Å². The van der Waals surface area contributed by atoms with Gasteiger partial charge in [-0.25, -0.2) is 0 Å². The zero-order valence-corrected chi connectivity index (χ0v) is 10.4. The maximum atomic E-state index is 12.0. The average Bonchev–Trinajstić information content (AvgIpc) is 2.43. The fourth-order valence-electron chi connectivity index (χ4n) is 2.60. The van der Waals surface area contributed by atoms with Crippen LogP contribution in [0.15, 0.2) is 48.5 Å². The SMILES string of the molecule is NC(=O)C1(C(=O)O)c2ccccc2Oc2ccccc21. The quantitative estimate of drug-likeness (QED) is 0.811. The van der Waals surface area contributed by atoms with Crippen LogP contribution in [0.1, 0.15) is 11.1 Å². The lowest BCUT2D eigenvalue weighted by molar-refractivity contribution is -0.146. The maximum Gasteiger partial charge on any atom is 0.328 e. The molecule has 0 radical (unpaired) electrons. The number of aliphatic carboxylic acids is 1. The van der Waals surface area contributed by atoms with Crippen molar-refractivity contribution < 1.29 is 19.4 Å². The van der Waals surface area contributed by atoms with Gasteiger partial charge in [0.25, 0.3) is 0 Å². The normalized spacial score (nSPS) is 14.6. The molecule has 0 fully saturated rings. The van der Waals surface area contributed by atoms with Gasteiger partial charge in [0.05, 0.1) is 0 Å². The highest BCUT2D eigenvalue weighted by Crippen LogP contribution is 2.48. The molecule has 1 aliphatic rings. The molecule has 5 nitrogen and oxygen atoms in total. The van der Waals surface area contributed by atoms with Crippen molar-refractivity contribution in [3.63, 3.8) is 0 Å². The Morgan fingerprint density at radius 2 is 1.40 bits per heavy atom. The summed E-state index contributed by atoms with van der Waals surface area (Å²) in [5.74, 6) is -1.60. The van der Waals surface area contributed by atoms with E-state index in [1.165, 1.54) is 0 Å². The predicted molar refractivity (Wildman–Crippen MR) is 70.6 cm³/mol. The Morgan fingerprint density at radius 1 is 0.950 bits per heavy atom. The van der Waals surface area contributed by atoms with E-state index in [0.717, 1.165) is 0 Å². The molecule has 20 heavy (non-hydrogen) atoms.